The molecule has 0 atom stereocenters. The molecule has 3 rings (SSSR count). The highest BCUT2D eigenvalue weighted by molar-refractivity contribution is 5.98. The van der Waals surface area contributed by atoms with Crippen molar-refractivity contribution in [2.45, 2.75) is 25.7 Å². The van der Waals surface area contributed by atoms with Gasteiger partial charge >= 0.3 is 0 Å². The second-order valence-corrected chi connectivity index (χ2v) is 5.67. The first-order chi connectivity index (χ1) is 9.72. The molecule has 4 heteroatoms. The molecule has 106 valence electrons. The van der Waals surface area contributed by atoms with Gasteiger partial charge in [-0.25, -0.2) is 0 Å². The Morgan fingerprint density at radius 3 is 2.95 bits per heavy atom. The van der Waals surface area contributed by atoms with Crippen LogP contribution in [0.4, 0.5) is 0 Å². The smallest absolute Gasteiger partial charge is 0.234 e. The van der Waals surface area contributed by atoms with Crippen molar-refractivity contribution in [1.29, 1.82) is 0 Å². The summed E-state index contributed by atoms with van der Waals surface area (Å²) in [5, 5.41) is 2.83. The molecule has 1 N–H and O–H groups in total. The number of amides is 1. The molecule has 20 heavy (non-hydrogen) atoms. The predicted molar refractivity (Wildman–Crippen MR) is 76.9 cm³/mol. The number of hydrogen-bond donors (Lipinski definition) is 1. The van der Waals surface area contributed by atoms with Gasteiger partial charge in [-0.05, 0) is 42.9 Å². The SMILES string of the molecule is O=C1CN(CC(=O)c2ccc3c(c2)CCC3)CCCN1. The van der Waals surface area contributed by atoms with E-state index in [-0.39, 0.29) is 11.7 Å². The summed E-state index contributed by atoms with van der Waals surface area (Å²) in [5.74, 6) is 0.138. The number of rotatable bonds is 3. The molecular formula is C16H20N2O2. The van der Waals surface area contributed by atoms with Crippen molar-refractivity contribution < 1.29 is 9.59 Å². The summed E-state index contributed by atoms with van der Waals surface area (Å²) >= 11 is 0. The largest absolute Gasteiger partial charge is 0.355 e. The second kappa shape index (κ2) is 5.75. The summed E-state index contributed by atoms with van der Waals surface area (Å²) in [4.78, 5) is 25.8. The number of Topliss-reactive ketones (excluding diaryl/α,β-unsaturated/α-hetero) is 1. The number of benzene rings is 1. The number of carbonyl (C=O) groups excluding carboxylic acids is 2. The average molecular weight is 272 g/mol. The zero-order chi connectivity index (χ0) is 13.9. The molecule has 2 aliphatic rings. The van der Waals surface area contributed by atoms with Crippen LogP contribution in [0.25, 0.3) is 0 Å². The van der Waals surface area contributed by atoms with Gasteiger partial charge in [-0.2, -0.15) is 0 Å². The molecule has 1 aliphatic carbocycles. The van der Waals surface area contributed by atoms with E-state index in [1.165, 1.54) is 17.5 Å². The number of carbonyl (C=O) groups is 2. The maximum Gasteiger partial charge on any atom is 0.234 e. The standard InChI is InChI=1S/C16H20N2O2/c19-15(10-18-8-2-7-17-16(20)11-18)14-6-5-12-3-1-4-13(12)9-14/h5-6,9H,1-4,7-8,10-11H2,(H,17,20). The first-order valence-electron chi connectivity index (χ1n) is 7.36. The number of hydrogen-bond acceptors (Lipinski definition) is 3. The van der Waals surface area contributed by atoms with Crippen molar-refractivity contribution in [3.05, 3.63) is 34.9 Å². The Morgan fingerprint density at radius 1 is 1.20 bits per heavy atom. The molecule has 1 fully saturated rings. The Labute approximate surface area is 119 Å². The van der Waals surface area contributed by atoms with Crippen LogP contribution in [-0.2, 0) is 17.6 Å². The van der Waals surface area contributed by atoms with E-state index < -0.39 is 0 Å². The van der Waals surface area contributed by atoms with Gasteiger partial charge in [0.15, 0.2) is 5.78 Å². The molecule has 0 aromatic heterocycles. The van der Waals surface area contributed by atoms with E-state index in [0.29, 0.717) is 19.6 Å². The molecule has 1 heterocycles. The Hall–Kier alpha value is -1.68. The minimum Gasteiger partial charge on any atom is -0.355 e. The van der Waals surface area contributed by atoms with Crippen LogP contribution in [-0.4, -0.2) is 42.8 Å². The summed E-state index contributed by atoms with van der Waals surface area (Å²) in [7, 11) is 0. The van der Waals surface area contributed by atoms with Gasteiger partial charge in [0.1, 0.15) is 0 Å². The van der Waals surface area contributed by atoms with Crippen LogP contribution in [0.5, 0.6) is 0 Å². The van der Waals surface area contributed by atoms with Crippen molar-refractivity contribution in [2.75, 3.05) is 26.2 Å². The highest BCUT2D eigenvalue weighted by Gasteiger charge is 2.19. The normalized spacial score (nSPS) is 19.3. The first-order valence-corrected chi connectivity index (χ1v) is 7.36. The molecule has 4 nitrogen and oxygen atoms in total. The van der Waals surface area contributed by atoms with Gasteiger partial charge in [0.05, 0.1) is 13.1 Å². The molecular weight excluding hydrogens is 252 g/mol. The predicted octanol–water partition coefficient (Wildman–Crippen LogP) is 1.18. The number of nitrogens with zero attached hydrogens (tertiary/aromatic N) is 1. The first kappa shape index (κ1) is 13.3. The van der Waals surface area contributed by atoms with Gasteiger partial charge in [0.25, 0.3) is 0 Å². The molecule has 0 unspecified atom stereocenters. The minimum atomic E-state index is 0.0178. The van der Waals surface area contributed by atoms with E-state index in [1.54, 1.807) is 0 Å². The third kappa shape index (κ3) is 2.90. The Bertz CT molecular complexity index is 539. The fourth-order valence-electron chi connectivity index (χ4n) is 3.04. The zero-order valence-electron chi connectivity index (χ0n) is 11.7. The lowest BCUT2D eigenvalue weighted by Gasteiger charge is -2.17. The highest BCUT2D eigenvalue weighted by Crippen LogP contribution is 2.23. The maximum atomic E-state index is 12.4. The third-order valence-corrected chi connectivity index (χ3v) is 4.13. The molecule has 0 bridgehead atoms. The van der Waals surface area contributed by atoms with Gasteiger partial charge in [0.2, 0.25) is 5.91 Å². The minimum absolute atomic E-state index is 0.0178. The molecule has 0 saturated carbocycles. The van der Waals surface area contributed by atoms with E-state index in [4.69, 9.17) is 0 Å². The third-order valence-electron chi connectivity index (χ3n) is 4.13. The van der Waals surface area contributed by atoms with Crippen molar-refractivity contribution in [3.8, 4) is 0 Å². The highest BCUT2D eigenvalue weighted by atomic mass is 16.2. The van der Waals surface area contributed by atoms with Crippen LogP contribution >= 0.6 is 0 Å². The van der Waals surface area contributed by atoms with Crippen LogP contribution in [0.3, 0.4) is 0 Å². The fraction of sp³-hybridized carbons (Fsp3) is 0.500. The van der Waals surface area contributed by atoms with Gasteiger partial charge in [0, 0.05) is 18.7 Å². The van der Waals surface area contributed by atoms with Crippen molar-refractivity contribution >= 4 is 11.7 Å². The Balaban J connectivity index is 1.68. The zero-order valence-corrected chi connectivity index (χ0v) is 11.7. The summed E-state index contributed by atoms with van der Waals surface area (Å²) in [6.45, 7) is 2.18. The summed E-state index contributed by atoms with van der Waals surface area (Å²) in [6.07, 6.45) is 4.32. The molecule has 0 spiro atoms. The van der Waals surface area contributed by atoms with E-state index in [0.717, 1.165) is 31.4 Å². The number of ketones is 1. The van der Waals surface area contributed by atoms with Crippen LogP contribution in [0.15, 0.2) is 18.2 Å². The quantitative estimate of drug-likeness (QED) is 0.841. The topological polar surface area (TPSA) is 49.4 Å². The lowest BCUT2D eigenvalue weighted by atomic mass is 10.0. The van der Waals surface area contributed by atoms with Crippen LogP contribution < -0.4 is 5.32 Å². The van der Waals surface area contributed by atoms with Gasteiger partial charge in [-0.1, -0.05) is 12.1 Å². The molecule has 1 aromatic rings. The molecule has 0 radical (unpaired) electrons. The van der Waals surface area contributed by atoms with E-state index in [9.17, 15) is 9.59 Å². The van der Waals surface area contributed by atoms with Crippen molar-refractivity contribution in [1.82, 2.24) is 10.2 Å². The van der Waals surface area contributed by atoms with Gasteiger partial charge in [-0.3, -0.25) is 14.5 Å². The van der Waals surface area contributed by atoms with Crippen LogP contribution in [0.2, 0.25) is 0 Å². The summed E-state index contributed by atoms with van der Waals surface area (Å²) < 4.78 is 0. The summed E-state index contributed by atoms with van der Waals surface area (Å²) in [6, 6.07) is 6.07. The molecule has 1 saturated heterocycles. The molecule has 1 aromatic carbocycles. The van der Waals surface area contributed by atoms with Crippen molar-refractivity contribution in [3.63, 3.8) is 0 Å². The maximum absolute atomic E-state index is 12.4. The number of nitrogens with one attached hydrogen (secondary N) is 1. The van der Waals surface area contributed by atoms with Gasteiger partial charge < -0.3 is 5.32 Å². The molecule has 1 amide bonds. The fourth-order valence-corrected chi connectivity index (χ4v) is 3.04. The van der Waals surface area contributed by atoms with E-state index >= 15 is 0 Å². The number of aryl methyl sites for hydroxylation is 2. The Morgan fingerprint density at radius 2 is 2.05 bits per heavy atom. The average Bonchev–Trinajstić information content (AvgIpc) is 2.81. The van der Waals surface area contributed by atoms with E-state index in [2.05, 4.69) is 11.4 Å². The summed E-state index contributed by atoms with van der Waals surface area (Å²) in [5.41, 5.74) is 3.50. The monoisotopic (exact) mass is 272 g/mol. The van der Waals surface area contributed by atoms with Crippen LogP contribution in [0, 0.1) is 0 Å². The lowest BCUT2D eigenvalue weighted by Crippen LogP contribution is -2.36. The van der Waals surface area contributed by atoms with E-state index in [1.807, 2.05) is 17.0 Å². The lowest BCUT2D eigenvalue weighted by molar-refractivity contribution is -0.121. The Kier molecular flexibility index (Phi) is 3.83. The second-order valence-electron chi connectivity index (χ2n) is 5.67. The van der Waals surface area contributed by atoms with Crippen LogP contribution in [0.1, 0.15) is 34.3 Å². The number of fused-ring (bicyclic) bond motifs is 1. The van der Waals surface area contributed by atoms with Gasteiger partial charge in [-0.15, -0.1) is 0 Å². The molecule has 1 aliphatic heterocycles. The van der Waals surface area contributed by atoms with Crippen molar-refractivity contribution in [2.24, 2.45) is 0 Å².